The Hall–Kier alpha value is -0.860. The smallest absolute Gasteiger partial charge is 0.0583 e. The summed E-state index contributed by atoms with van der Waals surface area (Å²) >= 11 is 0. The molecule has 3 aliphatic rings. The molecule has 0 unspecified atom stereocenters. The van der Waals surface area contributed by atoms with Gasteiger partial charge in [-0.1, -0.05) is 76.8 Å². The van der Waals surface area contributed by atoms with Crippen molar-refractivity contribution in [2.24, 2.45) is 29.1 Å². The first-order chi connectivity index (χ1) is 14.7. The lowest BCUT2D eigenvalue weighted by molar-refractivity contribution is 0.0929. The van der Waals surface area contributed by atoms with Crippen molar-refractivity contribution in [1.82, 2.24) is 0 Å². The van der Waals surface area contributed by atoms with E-state index in [1.165, 1.54) is 62.5 Å². The summed E-state index contributed by atoms with van der Waals surface area (Å²) < 4.78 is 0. The minimum Gasteiger partial charge on any atom is -0.397 e. The summed E-state index contributed by atoms with van der Waals surface area (Å²) in [5, 5.41) is 17.6. The summed E-state index contributed by atoms with van der Waals surface area (Å²) in [5.41, 5.74) is 4.72. The highest BCUT2D eigenvalue weighted by Crippen LogP contribution is 2.59. The quantitative estimate of drug-likeness (QED) is 0.455. The standard InChI is InChI=1S/C27H44O.C2H6O/c1-19(2)8-6-9-21(4)25-15-16-26-22(10-7-17-27(25,26)5)12-13-23-18-24(28)14-11-20(23)3;1-2-3/h12-13,19,21,24-26,28H,3,6-11,14-18H2,1-2,4-5H3;3H,2H2,1H3/t21-,24+,25-,26+,27-;/m1./s1. The van der Waals surface area contributed by atoms with Crippen LogP contribution in [0.4, 0.5) is 0 Å². The second kappa shape index (κ2) is 12.4. The largest absolute Gasteiger partial charge is 0.397 e. The second-order valence-corrected chi connectivity index (χ2v) is 11.1. The van der Waals surface area contributed by atoms with Gasteiger partial charge in [0, 0.05) is 6.61 Å². The van der Waals surface area contributed by atoms with Gasteiger partial charge in [-0.2, -0.15) is 0 Å². The maximum atomic E-state index is 10.0. The molecule has 2 heteroatoms. The molecule has 2 N–H and O–H groups in total. The lowest BCUT2D eigenvalue weighted by atomic mass is 9.60. The van der Waals surface area contributed by atoms with Gasteiger partial charge in [-0.3, -0.25) is 0 Å². The Morgan fingerprint density at radius 1 is 1.10 bits per heavy atom. The molecule has 0 radical (unpaired) electrons. The molecule has 3 fully saturated rings. The van der Waals surface area contributed by atoms with Crippen molar-refractivity contribution in [3.05, 3.63) is 35.5 Å². The van der Waals surface area contributed by atoms with Crippen LogP contribution in [0.15, 0.2) is 35.5 Å². The van der Waals surface area contributed by atoms with Gasteiger partial charge in [-0.15, -0.1) is 0 Å². The number of aliphatic hydroxyl groups is 2. The monoisotopic (exact) mass is 430 g/mol. The molecule has 3 rings (SSSR count). The zero-order valence-electron chi connectivity index (χ0n) is 21.1. The first kappa shape index (κ1) is 26.4. The Kier molecular flexibility index (Phi) is 10.6. The van der Waals surface area contributed by atoms with Crippen molar-refractivity contribution in [2.45, 2.75) is 111 Å². The number of hydrogen-bond donors (Lipinski definition) is 2. The number of rotatable bonds is 6. The van der Waals surface area contributed by atoms with Gasteiger partial charge in [0.1, 0.15) is 0 Å². The lowest BCUT2D eigenvalue weighted by Gasteiger charge is -2.44. The normalized spacial score (nSPS) is 34.6. The molecule has 0 aliphatic heterocycles. The number of allylic oxidation sites excluding steroid dienone is 4. The fourth-order valence-corrected chi connectivity index (χ4v) is 6.66. The van der Waals surface area contributed by atoms with E-state index >= 15 is 0 Å². The van der Waals surface area contributed by atoms with Gasteiger partial charge >= 0.3 is 0 Å². The molecule has 2 nitrogen and oxygen atoms in total. The van der Waals surface area contributed by atoms with Crippen molar-refractivity contribution in [3.8, 4) is 0 Å². The summed E-state index contributed by atoms with van der Waals surface area (Å²) in [7, 11) is 0. The molecule has 0 aromatic rings. The third-order valence-electron chi connectivity index (χ3n) is 8.35. The van der Waals surface area contributed by atoms with E-state index in [2.05, 4.69) is 46.4 Å². The first-order valence-electron chi connectivity index (χ1n) is 13.1. The van der Waals surface area contributed by atoms with Gasteiger partial charge < -0.3 is 10.2 Å². The molecule has 31 heavy (non-hydrogen) atoms. The van der Waals surface area contributed by atoms with Crippen LogP contribution < -0.4 is 0 Å². The fraction of sp³-hybridized carbons (Fsp3) is 0.793. The van der Waals surface area contributed by atoms with E-state index in [4.69, 9.17) is 5.11 Å². The molecular weight excluding hydrogens is 380 g/mol. The number of fused-ring (bicyclic) bond motifs is 1. The van der Waals surface area contributed by atoms with E-state index in [0.717, 1.165) is 42.9 Å². The van der Waals surface area contributed by atoms with Gasteiger partial charge in [0.15, 0.2) is 0 Å². The molecule has 0 saturated heterocycles. The van der Waals surface area contributed by atoms with Crippen LogP contribution in [0.5, 0.6) is 0 Å². The molecule has 0 spiro atoms. The fourth-order valence-electron chi connectivity index (χ4n) is 6.66. The predicted octanol–water partition coefficient (Wildman–Crippen LogP) is 7.62. The molecule has 3 aliphatic carbocycles. The van der Waals surface area contributed by atoms with E-state index < -0.39 is 0 Å². The van der Waals surface area contributed by atoms with E-state index in [-0.39, 0.29) is 12.7 Å². The van der Waals surface area contributed by atoms with Gasteiger partial charge in [0.2, 0.25) is 0 Å². The molecule has 0 aromatic carbocycles. The molecule has 0 amide bonds. The van der Waals surface area contributed by atoms with Gasteiger partial charge in [0.25, 0.3) is 0 Å². The average molecular weight is 431 g/mol. The van der Waals surface area contributed by atoms with Crippen LogP contribution >= 0.6 is 0 Å². The first-order valence-corrected chi connectivity index (χ1v) is 13.1. The number of aliphatic hydroxyl groups excluding tert-OH is 2. The zero-order chi connectivity index (χ0) is 23.0. The highest BCUT2D eigenvalue weighted by molar-refractivity contribution is 5.36. The van der Waals surface area contributed by atoms with Crippen molar-refractivity contribution in [2.75, 3.05) is 6.61 Å². The van der Waals surface area contributed by atoms with Crippen LogP contribution in [0.3, 0.4) is 0 Å². The molecule has 178 valence electrons. The summed E-state index contributed by atoms with van der Waals surface area (Å²) in [6.07, 6.45) is 18.2. The molecule has 0 bridgehead atoms. The van der Waals surface area contributed by atoms with Crippen molar-refractivity contribution in [1.29, 1.82) is 0 Å². The Labute approximate surface area is 192 Å². The topological polar surface area (TPSA) is 40.5 Å². The maximum Gasteiger partial charge on any atom is 0.0583 e. The van der Waals surface area contributed by atoms with Crippen molar-refractivity contribution >= 4 is 0 Å². The van der Waals surface area contributed by atoms with E-state index in [0.29, 0.717) is 5.41 Å². The minimum atomic E-state index is -0.172. The molecule has 0 heterocycles. The lowest BCUT2D eigenvalue weighted by Crippen LogP contribution is -2.36. The molecule has 0 aromatic heterocycles. The van der Waals surface area contributed by atoms with E-state index in [1.54, 1.807) is 12.5 Å². The third kappa shape index (κ3) is 7.06. The Morgan fingerprint density at radius 2 is 1.81 bits per heavy atom. The summed E-state index contributed by atoms with van der Waals surface area (Å²) in [4.78, 5) is 0. The van der Waals surface area contributed by atoms with Crippen LogP contribution in [-0.4, -0.2) is 22.9 Å². The molecule has 5 atom stereocenters. The Balaban J connectivity index is 0.00000107. The summed E-state index contributed by atoms with van der Waals surface area (Å²) in [6, 6.07) is 0. The van der Waals surface area contributed by atoms with E-state index in [1.807, 2.05) is 0 Å². The number of hydrogen-bond acceptors (Lipinski definition) is 2. The third-order valence-corrected chi connectivity index (χ3v) is 8.35. The van der Waals surface area contributed by atoms with Crippen molar-refractivity contribution in [3.63, 3.8) is 0 Å². The highest BCUT2D eigenvalue weighted by Gasteiger charge is 2.50. The van der Waals surface area contributed by atoms with Gasteiger partial charge in [-0.25, -0.2) is 0 Å². The van der Waals surface area contributed by atoms with Crippen LogP contribution in [0.25, 0.3) is 0 Å². The Morgan fingerprint density at radius 3 is 2.48 bits per heavy atom. The average Bonchev–Trinajstić information content (AvgIpc) is 3.06. The van der Waals surface area contributed by atoms with Crippen LogP contribution in [-0.2, 0) is 0 Å². The van der Waals surface area contributed by atoms with Crippen LogP contribution in [0, 0.1) is 29.1 Å². The Bertz CT molecular complexity index is 629. The minimum absolute atomic E-state index is 0.172. The SMILES string of the molecule is C=C1CC[C@H](O)CC1=CC=C1CCC[C@]2(C)[C@@H]([C@H](C)CCCC(C)C)CC[C@@H]12.CCO. The van der Waals surface area contributed by atoms with Gasteiger partial charge in [0.05, 0.1) is 6.10 Å². The molecular formula is C29H50O2. The maximum absolute atomic E-state index is 10.0. The van der Waals surface area contributed by atoms with Crippen molar-refractivity contribution < 1.29 is 10.2 Å². The highest BCUT2D eigenvalue weighted by atomic mass is 16.3. The van der Waals surface area contributed by atoms with E-state index in [9.17, 15) is 5.11 Å². The van der Waals surface area contributed by atoms with Crippen LogP contribution in [0.1, 0.15) is 105 Å². The molecule has 3 saturated carbocycles. The zero-order valence-corrected chi connectivity index (χ0v) is 21.1. The second-order valence-electron chi connectivity index (χ2n) is 11.1. The summed E-state index contributed by atoms with van der Waals surface area (Å²) in [5.74, 6) is 3.37. The van der Waals surface area contributed by atoms with Crippen LogP contribution in [0.2, 0.25) is 0 Å². The van der Waals surface area contributed by atoms with Gasteiger partial charge in [-0.05, 0) is 93.0 Å². The predicted molar refractivity (Wildman–Crippen MR) is 134 cm³/mol. The summed E-state index contributed by atoms with van der Waals surface area (Å²) in [6.45, 7) is 16.0.